The molecule has 0 saturated carbocycles. The van der Waals surface area contributed by atoms with Gasteiger partial charge in [-0.25, -0.2) is 8.42 Å². The van der Waals surface area contributed by atoms with Crippen LogP contribution in [0.15, 0.2) is 34.0 Å². The molecule has 0 bridgehead atoms. The van der Waals surface area contributed by atoms with Crippen LogP contribution in [0.5, 0.6) is 5.75 Å². The van der Waals surface area contributed by atoms with Gasteiger partial charge in [-0.2, -0.15) is 4.98 Å². The molecule has 0 aliphatic rings. The van der Waals surface area contributed by atoms with E-state index in [4.69, 9.17) is 27.0 Å². The maximum Gasteiger partial charge on any atom is 0.265 e. The Morgan fingerprint density at radius 2 is 2.17 bits per heavy atom. The lowest BCUT2D eigenvalue weighted by Gasteiger charge is -2.07. The summed E-state index contributed by atoms with van der Waals surface area (Å²) in [6.07, 6.45) is 1.14. The SMILES string of the molecule is O=S(=O)(Cl)c1cc(Cl)ccc1OCc1ncon1. The van der Waals surface area contributed by atoms with Crippen molar-refractivity contribution in [2.24, 2.45) is 0 Å². The summed E-state index contributed by atoms with van der Waals surface area (Å²) in [6.45, 7) is -0.0441. The van der Waals surface area contributed by atoms with E-state index in [0.29, 0.717) is 0 Å². The summed E-state index contributed by atoms with van der Waals surface area (Å²) >= 11 is 5.70. The topological polar surface area (TPSA) is 82.3 Å². The Morgan fingerprint density at radius 1 is 1.39 bits per heavy atom. The Labute approximate surface area is 112 Å². The molecule has 1 aromatic heterocycles. The summed E-state index contributed by atoms with van der Waals surface area (Å²) in [5, 5.41) is 3.76. The Balaban J connectivity index is 2.27. The summed E-state index contributed by atoms with van der Waals surface area (Å²) in [6, 6.07) is 4.09. The number of hydrogen-bond acceptors (Lipinski definition) is 6. The van der Waals surface area contributed by atoms with Gasteiger partial charge in [0.05, 0.1) is 0 Å². The van der Waals surface area contributed by atoms with Gasteiger partial charge in [-0.15, -0.1) is 0 Å². The Hall–Kier alpha value is -1.31. The summed E-state index contributed by atoms with van der Waals surface area (Å²) in [5.41, 5.74) is 0. The molecular formula is C9H6Cl2N2O4S. The quantitative estimate of drug-likeness (QED) is 0.805. The first-order valence-electron chi connectivity index (χ1n) is 4.59. The normalized spacial score (nSPS) is 11.4. The van der Waals surface area contributed by atoms with E-state index in [2.05, 4.69) is 14.7 Å². The van der Waals surface area contributed by atoms with Crippen LogP contribution in [-0.2, 0) is 15.7 Å². The van der Waals surface area contributed by atoms with Gasteiger partial charge in [-0.3, -0.25) is 0 Å². The van der Waals surface area contributed by atoms with E-state index < -0.39 is 9.05 Å². The van der Waals surface area contributed by atoms with Gasteiger partial charge in [0.2, 0.25) is 12.2 Å². The van der Waals surface area contributed by atoms with Crippen molar-refractivity contribution in [3.8, 4) is 5.75 Å². The van der Waals surface area contributed by atoms with Crippen LogP contribution in [0.25, 0.3) is 0 Å². The maximum absolute atomic E-state index is 11.3. The third kappa shape index (κ3) is 3.12. The fraction of sp³-hybridized carbons (Fsp3) is 0.111. The first kappa shape index (κ1) is 13.1. The second-order valence-electron chi connectivity index (χ2n) is 3.17. The number of benzene rings is 1. The van der Waals surface area contributed by atoms with E-state index in [9.17, 15) is 8.42 Å². The first-order valence-corrected chi connectivity index (χ1v) is 7.28. The highest BCUT2D eigenvalue weighted by Crippen LogP contribution is 2.30. The van der Waals surface area contributed by atoms with Crippen LogP contribution in [0, 0.1) is 0 Å². The Kier molecular flexibility index (Phi) is 3.74. The van der Waals surface area contributed by atoms with Crippen molar-refractivity contribution in [3.05, 3.63) is 35.4 Å². The highest BCUT2D eigenvalue weighted by atomic mass is 35.7. The predicted molar refractivity (Wildman–Crippen MR) is 63.1 cm³/mol. The van der Waals surface area contributed by atoms with Gasteiger partial charge in [0.1, 0.15) is 10.6 Å². The number of ether oxygens (including phenoxy) is 1. The van der Waals surface area contributed by atoms with Crippen molar-refractivity contribution in [1.82, 2.24) is 10.1 Å². The van der Waals surface area contributed by atoms with Crippen molar-refractivity contribution in [2.45, 2.75) is 11.5 Å². The van der Waals surface area contributed by atoms with E-state index in [-0.39, 0.29) is 28.1 Å². The van der Waals surface area contributed by atoms with Crippen LogP contribution in [0.1, 0.15) is 5.82 Å². The van der Waals surface area contributed by atoms with Crippen LogP contribution < -0.4 is 4.74 Å². The summed E-state index contributed by atoms with van der Waals surface area (Å²) in [7, 11) is 1.33. The van der Waals surface area contributed by atoms with E-state index in [1.54, 1.807) is 0 Å². The van der Waals surface area contributed by atoms with Crippen molar-refractivity contribution in [3.63, 3.8) is 0 Å². The fourth-order valence-electron chi connectivity index (χ4n) is 1.19. The number of hydrogen-bond donors (Lipinski definition) is 0. The monoisotopic (exact) mass is 308 g/mol. The molecule has 0 saturated heterocycles. The van der Waals surface area contributed by atoms with Crippen molar-refractivity contribution < 1.29 is 17.7 Å². The van der Waals surface area contributed by atoms with Crippen LogP contribution in [0.3, 0.4) is 0 Å². The van der Waals surface area contributed by atoms with E-state index in [1.807, 2.05) is 0 Å². The minimum Gasteiger partial charge on any atom is -0.484 e. The Bertz CT molecular complexity index is 643. The summed E-state index contributed by atoms with van der Waals surface area (Å²) < 4.78 is 32.5. The molecule has 18 heavy (non-hydrogen) atoms. The zero-order chi connectivity index (χ0) is 13.2. The van der Waals surface area contributed by atoms with Crippen LogP contribution in [0.4, 0.5) is 0 Å². The minimum absolute atomic E-state index is 0.0441. The molecule has 0 N–H and O–H groups in total. The molecule has 0 amide bonds. The fourth-order valence-corrected chi connectivity index (χ4v) is 2.42. The van der Waals surface area contributed by atoms with Gasteiger partial charge in [-0.05, 0) is 18.2 Å². The zero-order valence-corrected chi connectivity index (χ0v) is 11.0. The van der Waals surface area contributed by atoms with Crippen molar-refractivity contribution in [2.75, 3.05) is 0 Å². The van der Waals surface area contributed by atoms with E-state index >= 15 is 0 Å². The minimum atomic E-state index is -3.95. The second-order valence-corrected chi connectivity index (χ2v) is 6.14. The molecule has 0 radical (unpaired) electrons. The lowest BCUT2D eigenvalue weighted by atomic mass is 10.3. The summed E-state index contributed by atoms with van der Waals surface area (Å²) in [4.78, 5) is 3.52. The second kappa shape index (κ2) is 5.13. The lowest BCUT2D eigenvalue weighted by molar-refractivity contribution is 0.280. The number of aromatic nitrogens is 2. The number of nitrogens with zero attached hydrogens (tertiary/aromatic N) is 2. The zero-order valence-electron chi connectivity index (χ0n) is 8.71. The maximum atomic E-state index is 11.3. The molecule has 2 aromatic rings. The average molecular weight is 309 g/mol. The summed E-state index contributed by atoms with van der Waals surface area (Å²) in [5.74, 6) is 0.349. The highest BCUT2D eigenvalue weighted by molar-refractivity contribution is 8.13. The van der Waals surface area contributed by atoms with Crippen LogP contribution in [-0.4, -0.2) is 18.6 Å². The molecule has 1 heterocycles. The van der Waals surface area contributed by atoms with Gasteiger partial charge >= 0.3 is 0 Å². The smallest absolute Gasteiger partial charge is 0.265 e. The van der Waals surface area contributed by atoms with Gasteiger partial charge < -0.3 is 9.26 Å². The molecule has 1 aromatic carbocycles. The van der Waals surface area contributed by atoms with Crippen molar-refractivity contribution >= 4 is 31.3 Å². The third-order valence-electron chi connectivity index (χ3n) is 1.93. The molecule has 2 rings (SSSR count). The molecule has 0 fully saturated rings. The molecule has 0 unspecified atom stereocenters. The molecule has 0 aliphatic carbocycles. The Morgan fingerprint density at radius 3 is 2.78 bits per heavy atom. The molecule has 0 aliphatic heterocycles. The van der Waals surface area contributed by atoms with Gasteiger partial charge in [-0.1, -0.05) is 16.8 Å². The first-order chi connectivity index (χ1) is 8.47. The molecule has 6 nitrogen and oxygen atoms in total. The molecule has 0 spiro atoms. The van der Waals surface area contributed by atoms with Crippen LogP contribution in [0.2, 0.25) is 5.02 Å². The lowest BCUT2D eigenvalue weighted by Crippen LogP contribution is -2.02. The predicted octanol–water partition coefficient (Wildman–Crippen LogP) is 2.23. The largest absolute Gasteiger partial charge is 0.484 e. The number of rotatable bonds is 4. The molecule has 9 heteroatoms. The van der Waals surface area contributed by atoms with Crippen LogP contribution >= 0.6 is 22.3 Å². The van der Waals surface area contributed by atoms with E-state index in [1.165, 1.54) is 18.2 Å². The number of halogens is 2. The van der Waals surface area contributed by atoms with Gasteiger partial charge in [0.25, 0.3) is 9.05 Å². The standard InChI is InChI=1S/C9H6Cl2N2O4S/c10-6-1-2-7(8(3-6)18(11,14)15)16-4-9-12-5-17-13-9/h1-3,5H,4H2. The van der Waals surface area contributed by atoms with Gasteiger partial charge in [0, 0.05) is 15.7 Å². The van der Waals surface area contributed by atoms with Crippen molar-refractivity contribution in [1.29, 1.82) is 0 Å². The average Bonchev–Trinajstić information content (AvgIpc) is 2.79. The third-order valence-corrected chi connectivity index (χ3v) is 3.51. The molecular weight excluding hydrogens is 303 g/mol. The molecule has 0 atom stereocenters. The van der Waals surface area contributed by atoms with Gasteiger partial charge in [0.15, 0.2) is 6.61 Å². The highest BCUT2D eigenvalue weighted by Gasteiger charge is 2.18. The van der Waals surface area contributed by atoms with E-state index in [0.717, 1.165) is 6.39 Å². The molecule has 96 valence electrons.